The number of nitrogens with zero attached hydrogens (tertiary/aromatic N) is 7. The van der Waals surface area contributed by atoms with Crippen molar-refractivity contribution in [3.8, 4) is 11.3 Å². The summed E-state index contributed by atoms with van der Waals surface area (Å²) in [5.74, 6) is 1.53. The van der Waals surface area contributed by atoms with E-state index >= 15 is 0 Å². The lowest BCUT2D eigenvalue weighted by atomic mass is 9.95. The van der Waals surface area contributed by atoms with Crippen molar-refractivity contribution in [2.24, 2.45) is 0 Å². The number of aromatic nitrogens is 5. The van der Waals surface area contributed by atoms with Crippen molar-refractivity contribution < 1.29 is 4.79 Å². The molecule has 0 aromatic carbocycles. The fourth-order valence-corrected chi connectivity index (χ4v) is 6.47. The summed E-state index contributed by atoms with van der Waals surface area (Å²) in [4.78, 5) is 33.4. The molecule has 0 saturated carbocycles. The lowest BCUT2D eigenvalue weighted by Gasteiger charge is -2.43. The number of fused-ring (bicyclic) bond motifs is 4. The number of hydrogen-bond donors (Lipinski definition) is 1. The molecule has 9 heteroatoms. The second kappa shape index (κ2) is 9.58. The summed E-state index contributed by atoms with van der Waals surface area (Å²) >= 11 is 0. The van der Waals surface area contributed by atoms with E-state index in [2.05, 4.69) is 96.6 Å². The molecule has 2 fully saturated rings. The van der Waals surface area contributed by atoms with Gasteiger partial charge in [0.05, 0.1) is 23.3 Å². The van der Waals surface area contributed by atoms with Crippen LogP contribution in [0.5, 0.6) is 0 Å². The van der Waals surface area contributed by atoms with E-state index in [9.17, 15) is 4.79 Å². The van der Waals surface area contributed by atoms with E-state index in [4.69, 9.17) is 4.98 Å². The van der Waals surface area contributed by atoms with Crippen LogP contribution >= 0.6 is 0 Å². The van der Waals surface area contributed by atoms with Crippen LogP contribution in [0.25, 0.3) is 27.9 Å². The molecule has 212 valence electrons. The molecule has 4 aromatic heterocycles. The first-order chi connectivity index (χ1) is 18.9. The zero-order chi connectivity index (χ0) is 28.5. The van der Waals surface area contributed by atoms with E-state index in [1.54, 1.807) is 6.33 Å². The Balaban J connectivity index is 1.33. The first kappa shape index (κ1) is 26.7. The van der Waals surface area contributed by atoms with Crippen molar-refractivity contribution in [3.63, 3.8) is 0 Å². The van der Waals surface area contributed by atoms with E-state index in [0.717, 1.165) is 65.3 Å². The molecule has 2 bridgehead atoms. The van der Waals surface area contributed by atoms with E-state index in [1.807, 2.05) is 11.6 Å². The molecule has 9 nitrogen and oxygen atoms in total. The Kier molecular flexibility index (Phi) is 6.40. The van der Waals surface area contributed by atoms with Crippen molar-refractivity contribution in [3.05, 3.63) is 41.3 Å². The topological polar surface area (TPSA) is 85.7 Å². The van der Waals surface area contributed by atoms with Crippen LogP contribution in [0.1, 0.15) is 70.1 Å². The molecule has 2 atom stereocenters. The highest BCUT2D eigenvalue weighted by molar-refractivity contribution is 5.90. The van der Waals surface area contributed by atoms with Gasteiger partial charge in [-0.1, -0.05) is 13.8 Å². The molecule has 0 spiro atoms. The minimum Gasteiger partial charge on any atom is -0.353 e. The van der Waals surface area contributed by atoms with Crippen LogP contribution in [-0.2, 0) is 4.79 Å². The Labute approximate surface area is 236 Å². The Hall–Kier alpha value is -3.46. The van der Waals surface area contributed by atoms with Crippen LogP contribution in [0.15, 0.2) is 24.7 Å². The molecule has 0 radical (unpaired) electrons. The standard InChI is InChI=1S/C31H42N8O/c1-18(2)27-28(23-15-38-30(32-17-33-38)20(4)19(23)3)34-24-11-12-25(35-29(24)27)39-21-9-10-22(39)14-37(13-21)26(40)16-36(8)31(5,6)7/h11-12,15,17-18,21-22,34H,9-10,13-14,16H2,1-8H3/t21-,22+. The van der Waals surface area contributed by atoms with Crippen molar-refractivity contribution in [2.45, 2.75) is 84.8 Å². The summed E-state index contributed by atoms with van der Waals surface area (Å²) in [5.41, 5.74) is 8.73. The van der Waals surface area contributed by atoms with Gasteiger partial charge in [0, 0.05) is 48.0 Å². The van der Waals surface area contributed by atoms with Crippen molar-refractivity contribution >= 4 is 28.4 Å². The molecule has 4 aromatic rings. The summed E-state index contributed by atoms with van der Waals surface area (Å²) in [5, 5.41) is 4.42. The van der Waals surface area contributed by atoms with Crippen molar-refractivity contribution in [2.75, 3.05) is 31.6 Å². The van der Waals surface area contributed by atoms with Gasteiger partial charge in [-0.15, -0.1) is 0 Å². The second-order valence-electron chi connectivity index (χ2n) is 13.1. The Morgan fingerprint density at radius 3 is 2.48 bits per heavy atom. The van der Waals surface area contributed by atoms with Crippen LogP contribution in [-0.4, -0.2) is 84.6 Å². The first-order valence-corrected chi connectivity index (χ1v) is 14.5. The number of aromatic amines is 1. The molecular weight excluding hydrogens is 500 g/mol. The molecule has 1 amide bonds. The van der Waals surface area contributed by atoms with E-state index in [0.29, 0.717) is 18.6 Å². The average molecular weight is 543 g/mol. The summed E-state index contributed by atoms with van der Waals surface area (Å²) in [6.07, 6.45) is 5.87. The van der Waals surface area contributed by atoms with Gasteiger partial charge < -0.3 is 14.8 Å². The van der Waals surface area contributed by atoms with Crippen LogP contribution in [0.4, 0.5) is 5.82 Å². The van der Waals surface area contributed by atoms with Gasteiger partial charge in [-0.2, -0.15) is 5.10 Å². The number of carbonyl (C=O) groups is 1. The van der Waals surface area contributed by atoms with Gasteiger partial charge in [0.2, 0.25) is 5.91 Å². The third-order valence-electron chi connectivity index (χ3n) is 9.25. The summed E-state index contributed by atoms with van der Waals surface area (Å²) in [7, 11) is 2.03. The monoisotopic (exact) mass is 542 g/mol. The quantitative estimate of drug-likeness (QED) is 0.385. The minimum absolute atomic E-state index is 0.0302. The zero-order valence-corrected chi connectivity index (χ0v) is 25.1. The first-order valence-electron chi connectivity index (χ1n) is 14.5. The van der Waals surface area contributed by atoms with Gasteiger partial charge in [0.1, 0.15) is 12.1 Å². The number of hydrogen-bond acceptors (Lipinski definition) is 6. The van der Waals surface area contributed by atoms with E-state index in [1.165, 1.54) is 11.1 Å². The van der Waals surface area contributed by atoms with E-state index < -0.39 is 0 Å². The highest BCUT2D eigenvalue weighted by atomic mass is 16.2. The summed E-state index contributed by atoms with van der Waals surface area (Å²) in [6.45, 7) is 17.2. The number of piperazine rings is 1. The Bertz CT molecular complexity index is 1580. The number of nitrogens with one attached hydrogen (secondary N) is 1. The number of likely N-dealkylation sites (tertiary alicyclic amines) is 1. The van der Waals surface area contributed by atoms with Crippen LogP contribution in [0, 0.1) is 13.8 Å². The van der Waals surface area contributed by atoms with Gasteiger partial charge in [-0.05, 0) is 83.7 Å². The number of H-pyrrole nitrogens is 1. The van der Waals surface area contributed by atoms with Crippen molar-refractivity contribution in [1.82, 2.24) is 34.4 Å². The highest BCUT2D eigenvalue weighted by Gasteiger charge is 2.42. The van der Waals surface area contributed by atoms with E-state index in [-0.39, 0.29) is 17.4 Å². The third kappa shape index (κ3) is 4.35. The zero-order valence-electron chi connectivity index (χ0n) is 25.1. The smallest absolute Gasteiger partial charge is 0.236 e. The molecule has 2 saturated heterocycles. The minimum atomic E-state index is -0.0302. The number of carbonyl (C=O) groups excluding carboxylic acids is 1. The lowest BCUT2D eigenvalue weighted by molar-refractivity contribution is -0.134. The number of anilines is 1. The fraction of sp³-hybridized carbons (Fsp3) is 0.548. The number of pyridine rings is 2. The molecule has 6 heterocycles. The van der Waals surface area contributed by atoms with Crippen LogP contribution in [0.2, 0.25) is 0 Å². The second-order valence-corrected chi connectivity index (χ2v) is 13.1. The highest BCUT2D eigenvalue weighted by Crippen LogP contribution is 2.40. The fourth-order valence-electron chi connectivity index (χ4n) is 6.47. The largest absolute Gasteiger partial charge is 0.353 e. The maximum Gasteiger partial charge on any atom is 0.236 e. The summed E-state index contributed by atoms with van der Waals surface area (Å²) < 4.78 is 1.86. The molecule has 2 aliphatic rings. The van der Waals surface area contributed by atoms with Crippen LogP contribution in [0.3, 0.4) is 0 Å². The maximum absolute atomic E-state index is 13.2. The number of likely N-dealkylation sites (N-methyl/N-ethyl adjacent to an activating group) is 1. The Morgan fingerprint density at radius 2 is 1.82 bits per heavy atom. The van der Waals surface area contributed by atoms with Gasteiger partial charge >= 0.3 is 0 Å². The summed E-state index contributed by atoms with van der Waals surface area (Å²) in [6, 6.07) is 4.93. The average Bonchev–Trinajstić information content (AvgIpc) is 3.58. The SMILES string of the molecule is Cc1c(-c2[nH]c3ccc(N4[C@@H]5CC[C@H]4CN(C(=O)CN(C)C(C)(C)C)C5)nc3c2C(C)C)cn2ncnc2c1C. The van der Waals surface area contributed by atoms with Gasteiger partial charge in [0.15, 0.2) is 5.65 Å². The number of aryl methyl sites for hydroxylation is 1. The van der Waals surface area contributed by atoms with Crippen LogP contribution < -0.4 is 4.90 Å². The molecule has 2 aliphatic heterocycles. The molecule has 1 N–H and O–H groups in total. The number of rotatable bonds is 5. The number of amides is 1. The molecule has 0 aliphatic carbocycles. The van der Waals surface area contributed by atoms with Crippen molar-refractivity contribution in [1.29, 1.82) is 0 Å². The Morgan fingerprint density at radius 1 is 1.12 bits per heavy atom. The molecular formula is C31H42N8O. The molecule has 6 rings (SSSR count). The predicted octanol–water partition coefficient (Wildman–Crippen LogP) is 4.92. The maximum atomic E-state index is 13.2. The van der Waals surface area contributed by atoms with Gasteiger partial charge in [-0.3, -0.25) is 9.69 Å². The predicted molar refractivity (Wildman–Crippen MR) is 160 cm³/mol. The molecule has 40 heavy (non-hydrogen) atoms. The normalized spacial score (nSPS) is 19.6. The van der Waals surface area contributed by atoms with Gasteiger partial charge in [-0.25, -0.2) is 14.5 Å². The lowest BCUT2D eigenvalue weighted by Crippen LogP contribution is -2.57. The van der Waals surface area contributed by atoms with Gasteiger partial charge in [0.25, 0.3) is 0 Å². The molecule has 0 unspecified atom stereocenters. The third-order valence-corrected chi connectivity index (χ3v) is 9.25.